The van der Waals surface area contributed by atoms with Gasteiger partial charge in [-0.25, -0.2) is 0 Å². The summed E-state index contributed by atoms with van der Waals surface area (Å²) < 4.78 is 0. The average Bonchev–Trinajstić information content (AvgIpc) is 3.07. The van der Waals surface area contributed by atoms with E-state index in [2.05, 4.69) is 34.5 Å². The first kappa shape index (κ1) is 16.0. The lowest BCUT2D eigenvalue weighted by Crippen LogP contribution is -2.22. The maximum absolute atomic E-state index is 12.1. The smallest absolute Gasteiger partial charge is 0.251 e. The summed E-state index contributed by atoms with van der Waals surface area (Å²) in [6.45, 7) is 3.97. The Hall–Kier alpha value is -1.84. The van der Waals surface area contributed by atoms with Gasteiger partial charge in [0.1, 0.15) is 0 Å². The molecule has 0 atom stereocenters. The summed E-state index contributed by atoms with van der Waals surface area (Å²) in [6.07, 6.45) is 2.63. The SMILES string of the molecule is O=C(NCc1ccc(CN2CCCC2)cc1)c1ccc(Cl)cc1. The van der Waals surface area contributed by atoms with Gasteiger partial charge in [-0.05, 0) is 61.3 Å². The molecule has 0 bridgehead atoms. The number of carbonyl (C=O) groups is 1. The Kier molecular flexibility index (Phi) is 5.31. The second-order valence-corrected chi connectivity index (χ2v) is 6.43. The highest BCUT2D eigenvalue weighted by atomic mass is 35.5. The largest absolute Gasteiger partial charge is 0.348 e. The zero-order valence-corrected chi connectivity index (χ0v) is 13.9. The van der Waals surface area contributed by atoms with Gasteiger partial charge >= 0.3 is 0 Å². The van der Waals surface area contributed by atoms with Gasteiger partial charge in [0.15, 0.2) is 0 Å². The van der Waals surface area contributed by atoms with Crippen molar-refractivity contribution in [2.75, 3.05) is 13.1 Å². The number of hydrogen-bond donors (Lipinski definition) is 1. The van der Waals surface area contributed by atoms with Crippen LogP contribution in [0.1, 0.15) is 34.3 Å². The zero-order valence-electron chi connectivity index (χ0n) is 13.1. The summed E-state index contributed by atoms with van der Waals surface area (Å²) >= 11 is 5.83. The number of nitrogens with zero attached hydrogens (tertiary/aromatic N) is 1. The van der Waals surface area contributed by atoms with Crippen LogP contribution in [-0.2, 0) is 13.1 Å². The lowest BCUT2D eigenvalue weighted by Gasteiger charge is -2.14. The van der Waals surface area contributed by atoms with Crippen molar-refractivity contribution in [1.29, 1.82) is 0 Å². The third-order valence-electron chi connectivity index (χ3n) is 4.19. The molecule has 4 heteroatoms. The lowest BCUT2D eigenvalue weighted by atomic mass is 10.1. The number of hydrogen-bond acceptors (Lipinski definition) is 2. The van der Waals surface area contributed by atoms with Crippen molar-refractivity contribution in [3.8, 4) is 0 Å². The molecule has 2 aromatic rings. The van der Waals surface area contributed by atoms with Crippen molar-refractivity contribution in [3.05, 3.63) is 70.2 Å². The Balaban J connectivity index is 1.51. The minimum Gasteiger partial charge on any atom is -0.348 e. The number of nitrogens with one attached hydrogen (secondary N) is 1. The fourth-order valence-electron chi connectivity index (χ4n) is 2.85. The molecule has 3 nitrogen and oxygen atoms in total. The van der Waals surface area contributed by atoms with E-state index < -0.39 is 0 Å². The predicted molar refractivity (Wildman–Crippen MR) is 93.6 cm³/mol. The molecular weight excluding hydrogens is 308 g/mol. The topological polar surface area (TPSA) is 32.3 Å². The van der Waals surface area contributed by atoms with Crippen LogP contribution in [0.4, 0.5) is 0 Å². The minimum atomic E-state index is -0.0807. The van der Waals surface area contributed by atoms with Crippen LogP contribution in [0.15, 0.2) is 48.5 Å². The fraction of sp³-hybridized carbons (Fsp3) is 0.316. The van der Waals surface area contributed by atoms with Gasteiger partial charge in [-0.15, -0.1) is 0 Å². The van der Waals surface area contributed by atoms with Gasteiger partial charge in [0.25, 0.3) is 5.91 Å². The number of benzene rings is 2. The Morgan fingerprint density at radius 2 is 1.57 bits per heavy atom. The van der Waals surface area contributed by atoms with E-state index >= 15 is 0 Å². The van der Waals surface area contributed by atoms with E-state index in [0.717, 1.165) is 12.1 Å². The van der Waals surface area contributed by atoms with Crippen molar-refractivity contribution in [3.63, 3.8) is 0 Å². The first-order valence-corrected chi connectivity index (χ1v) is 8.42. The molecule has 1 saturated heterocycles. The van der Waals surface area contributed by atoms with Crippen molar-refractivity contribution >= 4 is 17.5 Å². The van der Waals surface area contributed by atoms with E-state index in [0.29, 0.717) is 17.1 Å². The quantitative estimate of drug-likeness (QED) is 0.903. The van der Waals surface area contributed by atoms with Crippen LogP contribution in [0, 0.1) is 0 Å². The first-order chi connectivity index (χ1) is 11.2. The minimum absolute atomic E-state index is 0.0807. The normalized spacial score (nSPS) is 14.8. The second-order valence-electron chi connectivity index (χ2n) is 5.99. The molecule has 0 aliphatic carbocycles. The van der Waals surface area contributed by atoms with E-state index in [1.165, 1.54) is 31.5 Å². The van der Waals surface area contributed by atoms with Crippen LogP contribution in [0.25, 0.3) is 0 Å². The lowest BCUT2D eigenvalue weighted by molar-refractivity contribution is 0.0951. The molecule has 2 aromatic carbocycles. The van der Waals surface area contributed by atoms with E-state index in [1.54, 1.807) is 24.3 Å². The summed E-state index contributed by atoms with van der Waals surface area (Å²) in [6, 6.07) is 15.4. The van der Waals surface area contributed by atoms with Gasteiger partial charge in [-0.3, -0.25) is 9.69 Å². The molecule has 0 aromatic heterocycles. The summed E-state index contributed by atoms with van der Waals surface area (Å²) in [5, 5.41) is 3.57. The van der Waals surface area contributed by atoms with Crippen molar-refractivity contribution in [2.24, 2.45) is 0 Å². The van der Waals surface area contributed by atoms with Crippen LogP contribution in [0.5, 0.6) is 0 Å². The van der Waals surface area contributed by atoms with Gasteiger partial charge in [0.2, 0.25) is 0 Å². The molecule has 3 rings (SSSR count). The van der Waals surface area contributed by atoms with E-state index in [4.69, 9.17) is 11.6 Å². The third kappa shape index (κ3) is 4.57. The summed E-state index contributed by atoms with van der Waals surface area (Å²) in [5.74, 6) is -0.0807. The highest BCUT2D eigenvalue weighted by Gasteiger charge is 2.11. The van der Waals surface area contributed by atoms with Crippen LogP contribution >= 0.6 is 11.6 Å². The van der Waals surface area contributed by atoms with Crippen LogP contribution in [0.3, 0.4) is 0 Å². The molecule has 1 amide bonds. The van der Waals surface area contributed by atoms with Crippen LogP contribution < -0.4 is 5.32 Å². The maximum Gasteiger partial charge on any atom is 0.251 e. The summed E-state index contributed by atoms with van der Waals surface area (Å²) in [4.78, 5) is 14.5. The molecule has 1 heterocycles. The van der Waals surface area contributed by atoms with Gasteiger partial charge in [0, 0.05) is 23.7 Å². The van der Waals surface area contributed by atoms with Crippen LogP contribution in [0.2, 0.25) is 5.02 Å². The molecule has 0 unspecified atom stereocenters. The monoisotopic (exact) mass is 328 g/mol. The molecule has 0 spiro atoms. The van der Waals surface area contributed by atoms with E-state index in [9.17, 15) is 4.79 Å². The molecule has 0 radical (unpaired) electrons. The fourth-order valence-corrected chi connectivity index (χ4v) is 2.97. The molecule has 120 valence electrons. The van der Waals surface area contributed by atoms with Crippen molar-refractivity contribution in [2.45, 2.75) is 25.9 Å². The van der Waals surface area contributed by atoms with Gasteiger partial charge in [-0.1, -0.05) is 35.9 Å². The first-order valence-electron chi connectivity index (χ1n) is 8.05. The number of amides is 1. The van der Waals surface area contributed by atoms with Gasteiger partial charge in [0.05, 0.1) is 0 Å². The molecule has 1 aliphatic rings. The van der Waals surface area contributed by atoms with E-state index in [-0.39, 0.29) is 5.91 Å². The molecule has 23 heavy (non-hydrogen) atoms. The Morgan fingerprint density at radius 3 is 2.22 bits per heavy atom. The van der Waals surface area contributed by atoms with Crippen molar-refractivity contribution in [1.82, 2.24) is 10.2 Å². The van der Waals surface area contributed by atoms with Gasteiger partial charge < -0.3 is 5.32 Å². The van der Waals surface area contributed by atoms with Crippen molar-refractivity contribution < 1.29 is 4.79 Å². The second kappa shape index (κ2) is 7.62. The highest BCUT2D eigenvalue weighted by molar-refractivity contribution is 6.30. The van der Waals surface area contributed by atoms with Gasteiger partial charge in [-0.2, -0.15) is 0 Å². The standard InChI is InChI=1S/C19H21ClN2O/c20-18-9-7-17(8-10-18)19(23)21-13-15-3-5-16(6-4-15)14-22-11-1-2-12-22/h3-10H,1-2,11-14H2,(H,21,23). The molecule has 1 fully saturated rings. The summed E-state index contributed by atoms with van der Waals surface area (Å²) in [5.41, 5.74) is 3.07. The average molecular weight is 329 g/mol. The Morgan fingerprint density at radius 1 is 0.957 bits per heavy atom. The Bertz CT molecular complexity index is 646. The predicted octanol–water partition coefficient (Wildman–Crippen LogP) is 3.87. The Labute approximate surface area is 142 Å². The molecule has 1 aliphatic heterocycles. The zero-order chi connectivity index (χ0) is 16.1. The number of halogens is 1. The molecule has 1 N–H and O–H groups in total. The number of rotatable bonds is 5. The molecular formula is C19H21ClN2O. The number of likely N-dealkylation sites (tertiary alicyclic amines) is 1. The molecule has 0 saturated carbocycles. The number of carbonyl (C=O) groups excluding carboxylic acids is 1. The highest BCUT2D eigenvalue weighted by Crippen LogP contribution is 2.14. The third-order valence-corrected chi connectivity index (χ3v) is 4.44. The van der Waals surface area contributed by atoms with Crippen LogP contribution in [-0.4, -0.2) is 23.9 Å². The van der Waals surface area contributed by atoms with E-state index in [1.807, 2.05) is 0 Å². The summed E-state index contributed by atoms with van der Waals surface area (Å²) in [7, 11) is 0. The maximum atomic E-state index is 12.1.